The number of aromatic nitrogens is 3. The molecule has 5 N–H and O–H groups in total. The van der Waals surface area contributed by atoms with Gasteiger partial charge in [0.2, 0.25) is 0 Å². The van der Waals surface area contributed by atoms with Gasteiger partial charge in [-0.25, -0.2) is 14.8 Å². The van der Waals surface area contributed by atoms with E-state index in [0.29, 0.717) is 52.1 Å². The molecule has 5 rings (SSSR count). The fraction of sp³-hybridized carbons (Fsp3) is 0.333. The second-order valence-corrected chi connectivity index (χ2v) is 14.9. The SMILES string of the molecule is CC(C)(C)OC(=O)NCc1cc(N)ncc1-c1ccc(Cl)cc1Cl.COCCC(=O)CCl.COCCc1cn2cc(-c3ccc(Cl)cc3Cl)c(CN)cc2n1. The lowest BCUT2D eigenvalue weighted by Crippen LogP contribution is -2.32. The van der Waals surface area contributed by atoms with Crippen LogP contribution in [0.4, 0.5) is 10.6 Å². The van der Waals surface area contributed by atoms with Gasteiger partial charge in [-0.05, 0) is 68.3 Å². The number of halogens is 5. The van der Waals surface area contributed by atoms with Crippen molar-refractivity contribution in [1.82, 2.24) is 19.7 Å². The third kappa shape index (κ3) is 14.7. The normalized spacial score (nSPS) is 11.0. The zero-order valence-corrected chi connectivity index (χ0v) is 35.0. The number of pyridine rings is 2. The van der Waals surface area contributed by atoms with Gasteiger partial charge in [-0.15, -0.1) is 11.6 Å². The van der Waals surface area contributed by atoms with E-state index in [4.69, 9.17) is 78.9 Å². The first-order chi connectivity index (χ1) is 26.1. The van der Waals surface area contributed by atoms with Gasteiger partial charge >= 0.3 is 6.09 Å². The second kappa shape index (κ2) is 22.2. The molecule has 0 aliphatic carbocycles. The van der Waals surface area contributed by atoms with Gasteiger partial charge in [0.05, 0.1) is 24.8 Å². The molecule has 2 aromatic carbocycles. The number of anilines is 1. The first-order valence-electron chi connectivity index (χ1n) is 17.0. The van der Waals surface area contributed by atoms with Crippen LogP contribution in [0.5, 0.6) is 0 Å². The molecule has 1 amide bonds. The monoisotopic (exact) mass is 852 g/mol. The molecule has 0 aliphatic heterocycles. The number of ether oxygens (including phenoxy) is 3. The maximum absolute atomic E-state index is 11.9. The van der Waals surface area contributed by atoms with Crippen molar-refractivity contribution in [3.05, 3.63) is 104 Å². The van der Waals surface area contributed by atoms with Crippen LogP contribution in [0.3, 0.4) is 0 Å². The number of hydrogen-bond donors (Lipinski definition) is 3. The number of imidazole rings is 1. The predicted octanol–water partition coefficient (Wildman–Crippen LogP) is 9.45. The minimum Gasteiger partial charge on any atom is -0.444 e. The summed E-state index contributed by atoms with van der Waals surface area (Å²) in [5.41, 5.74) is 18.2. The molecular weight excluding hydrogens is 810 g/mol. The Morgan fingerprint density at radius 2 is 1.45 bits per heavy atom. The summed E-state index contributed by atoms with van der Waals surface area (Å²) in [5, 5.41) is 4.96. The molecule has 0 atom stereocenters. The average molecular weight is 855 g/mol. The lowest BCUT2D eigenvalue weighted by atomic mass is 10.0. The maximum Gasteiger partial charge on any atom is 0.407 e. The summed E-state index contributed by atoms with van der Waals surface area (Å²) >= 11 is 29.7. The number of alkyl carbamates (subject to hydrolysis) is 1. The number of fused-ring (bicyclic) bond motifs is 1. The molecule has 3 heterocycles. The number of nitrogen functional groups attached to an aromatic ring is 1. The predicted molar refractivity (Wildman–Crippen MR) is 224 cm³/mol. The fourth-order valence-electron chi connectivity index (χ4n) is 4.95. The summed E-state index contributed by atoms with van der Waals surface area (Å²) in [6, 6.07) is 14.4. The van der Waals surface area contributed by atoms with Gasteiger partial charge in [-0.3, -0.25) is 4.79 Å². The molecule has 5 aromatic rings. The van der Waals surface area contributed by atoms with Crippen LogP contribution in [0.1, 0.15) is 44.0 Å². The highest BCUT2D eigenvalue weighted by atomic mass is 35.5. The van der Waals surface area contributed by atoms with Crippen molar-refractivity contribution < 1.29 is 23.8 Å². The van der Waals surface area contributed by atoms with Gasteiger partial charge in [0, 0.05) is 101 Å². The summed E-state index contributed by atoms with van der Waals surface area (Å²) in [4.78, 5) is 30.9. The molecule has 0 saturated heterocycles. The Bertz CT molecular complexity index is 2050. The van der Waals surface area contributed by atoms with Crippen molar-refractivity contribution in [1.29, 1.82) is 0 Å². The highest BCUT2D eigenvalue weighted by Gasteiger charge is 2.17. The number of rotatable bonds is 12. The number of amides is 1. The second-order valence-electron chi connectivity index (χ2n) is 12.9. The third-order valence-corrected chi connectivity index (χ3v) is 8.91. The van der Waals surface area contributed by atoms with E-state index in [-0.39, 0.29) is 18.2 Å². The third-order valence-electron chi connectivity index (χ3n) is 7.52. The molecule has 0 radical (unpaired) electrons. The Labute approximate surface area is 346 Å². The number of carbonyl (C=O) groups is 2. The smallest absolute Gasteiger partial charge is 0.407 e. The quantitative estimate of drug-likeness (QED) is 0.104. The van der Waals surface area contributed by atoms with E-state index >= 15 is 0 Å². The molecule has 11 nitrogen and oxygen atoms in total. The van der Waals surface area contributed by atoms with E-state index < -0.39 is 11.7 Å². The van der Waals surface area contributed by atoms with E-state index in [1.54, 1.807) is 71.5 Å². The number of methoxy groups -OCH3 is 2. The number of Topliss-reactive ketones (excluding diaryl/α,β-unsaturated/α-hetero) is 1. The highest BCUT2D eigenvalue weighted by molar-refractivity contribution is 6.37. The van der Waals surface area contributed by atoms with Crippen molar-refractivity contribution in [3.8, 4) is 22.3 Å². The van der Waals surface area contributed by atoms with Crippen LogP contribution in [0.15, 0.2) is 67.1 Å². The van der Waals surface area contributed by atoms with Crippen molar-refractivity contribution in [2.75, 3.05) is 39.0 Å². The van der Waals surface area contributed by atoms with E-state index in [1.807, 2.05) is 35.0 Å². The van der Waals surface area contributed by atoms with Gasteiger partial charge in [0.1, 0.15) is 22.8 Å². The van der Waals surface area contributed by atoms with Crippen LogP contribution in [0.25, 0.3) is 27.9 Å². The number of nitrogens with one attached hydrogen (secondary N) is 1. The molecule has 0 fully saturated rings. The standard InChI is InChI=1S/C17H19Cl2N3O2.C17H17Cl2N3O.C5H9ClO2/c1-17(2,3)24-16(23)22-8-10-6-15(20)21-9-13(10)12-5-4-11(18)7-14(12)19;1-23-5-4-13-9-22-10-15(11(8-20)6-17(22)21-13)14-3-2-12(18)7-16(14)19;1-8-3-2-5(7)4-6/h4-7,9H,8H2,1-3H3,(H2,20,21)(H,22,23);2-3,6-7,9-10H,4-5,8,20H2,1H3;2-4H2,1H3. The lowest BCUT2D eigenvalue weighted by molar-refractivity contribution is -0.117. The van der Waals surface area contributed by atoms with E-state index in [0.717, 1.165) is 51.1 Å². The number of carbonyl (C=O) groups excluding carboxylic acids is 2. The fourth-order valence-corrected chi connectivity index (χ4v) is 6.10. The Morgan fingerprint density at radius 1 is 0.836 bits per heavy atom. The van der Waals surface area contributed by atoms with Gasteiger partial charge in [-0.2, -0.15) is 0 Å². The molecule has 16 heteroatoms. The van der Waals surface area contributed by atoms with Crippen LogP contribution in [-0.2, 0) is 38.5 Å². The maximum atomic E-state index is 11.9. The number of benzene rings is 2. The lowest BCUT2D eigenvalue weighted by Gasteiger charge is -2.20. The molecule has 296 valence electrons. The van der Waals surface area contributed by atoms with E-state index in [2.05, 4.69) is 20.0 Å². The minimum absolute atomic E-state index is 0.0357. The zero-order valence-electron chi connectivity index (χ0n) is 31.2. The van der Waals surface area contributed by atoms with Gasteiger partial charge in [0.15, 0.2) is 0 Å². The number of ketones is 1. The number of nitrogens with zero attached hydrogens (tertiary/aromatic N) is 3. The van der Waals surface area contributed by atoms with Crippen molar-refractivity contribution >= 4 is 81.3 Å². The molecule has 0 spiro atoms. The summed E-state index contributed by atoms with van der Waals surface area (Å²) in [6.45, 7) is 7.16. The van der Waals surface area contributed by atoms with Gasteiger partial charge in [0.25, 0.3) is 0 Å². The summed E-state index contributed by atoms with van der Waals surface area (Å²) in [7, 11) is 3.24. The summed E-state index contributed by atoms with van der Waals surface area (Å²) < 4.78 is 17.0. The van der Waals surface area contributed by atoms with Crippen molar-refractivity contribution in [2.24, 2.45) is 5.73 Å². The Morgan fingerprint density at radius 3 is 2.00 bits per heavy atom. The van der Waals surface area contributed by atoms with Crippen LogP contribution in [-0.4, -0.2) is 65.2 Å². The van der Waals surface area contributed by atoms with Crippen molar-refractivity contribution in [2.45, 2.75) is 52.3 Å². The summed E-state index contributed by atoms with van der Waals surface area (Å²) in [6.07, 6.45) is 6.33. The molecule has 55 heavy (non-hydrogen) atoms. The van der Waals surface area contributed by atoms with Crippen LogP contribution in [0, 0.1) is 0 Å². The molecular formula is C39H45Cl5N6O5. The van der Waals surface area contributed by atoms with E-state index in [9.17, 15) is 9.59 Å². The number of nitrogens with two attached hydrogens (primary N) is 2. The topological polar surface area (TPSA) is 156 Å². The largest absolute Gasteiger partial charge is 0.444 e. The molecule has 0 unspecified atom stereocenters. The highest BCUT2D eigenvalue weighted by Crippen LogP contribution is 2.34. The molecule has 0 saturated carbocycles. The first-order valence-corrected chi connectivity index (χ1v) is 19.0. The first kappa shape index (κ1) is 45.7. The van der Waals surface area contributed by atoms with Crippen LogP contribution >= 0.6 is 58.0 Å². The van der Waals surface area contributed by atoms with Crippen molar-refractivity contribution in [3.63, 3.8) is 0 Å². The molecule has 0 bridgehead atoms. The van der Waals surface area contributed by atoms with Gasteiger partial charge < -0.3 is 35.4 Å². The van der Waals surface area contributed by atoms with Crippen LogP contribution in [0.2, 0.25) is 20.1 Å². The average Bonchev–Trinajstić information content (AvgIpc) is 3.53. The van der Waals surface area contributed by atoms with E-state index in [1.165, 1.54) is 0 Å². The Balaban J connectivity index is 0.000000247. The summed E-state index contributed by atoms with van der Waals surface area (Å²) in [5.74, 6) is 0.488. The minimum atomic E-state index is -0.566. The van der Waals surface area contributed by atoms with Crippen LogP contribution < -0.4 is 16.8 Å². The zero-order chi connectivity index (χ0) is 40.7. The Kier molecular flexibility index (Phi) is 18.4. The Hall–Kier alpha value is -3.65. The van der Waals surface area contributed by atoms with Gasteiger partial charge in [-0.1, -0.05) is 58.5 Å². The number of hydrogen-bond acceptors (Lipinski definition) is 9. The molecule has 0 aliphatic rings. The number of alkyl halides is 1. The molecule has 3 aromatic heterocycles.